The number of hydrogen-bond donors (Lipinski definition) is 0. The van der Waals surface area contributed by atoms with Gasteiger partial charge in [-0.25, -0.2) is 0 Å². The van der Waals surface area contributed by atoms with E-state index in [0.717, 1.165) is 38.8 Å². The van der Waals surface area contributed by atoms with Crippen LogP contribution >= 0.6 is 0 Å². The van der Waals surface area contributed by atoms with E-state index in [-0.39, 0.29) is 0 Å². The fraction of sp³-hybridized carbons (Fsp3) is 0.800. The lowest BCUT2D eigenvalue weighted by Gasteiger charge is -2.39. The summed E-state index contributed by atoms with van der Waals surface area (Å²) in [4.78, 5) is 14.5. The fourth-order valence-electron chi connectivity index (χ4n) is 3.32. The van der Waals surface area contributed by atoms with E-state index in [1.165, 1.54) is 24.8 Å². The summed E-state index contributed by atoms with van der Waals surface area (Å²) in [7, 11) is 0. The van der Waals surface area contributed by atoms with Gasteiger partial charge >= 0.3 is 0 Å². The van der Waals surface area contributed by atoms with Gasteiger partial charge in [0.15, 0.2) is 0 Å². The Labute approximate surface area is 105 Å². The minimum absolute atomic E-state index is 0.333. The van der Waals surface area contributed by atoms with E-state index >= 15 is 0 Å². The van der Waals surface area contributed by atoms with Crippen LogP contribution < -0.4 is 0 Å². The highest BCUT2D eigenvalue weighted by Gasteiger charge is 2.36. The van der Waals surface area contributed by atoms with Gasteiger partial charge in [-0.15, -0.1) is 0 Å². The second-order valence-electron chi connectivity index (χ2n) is 5.60. The number of carbonyl (C=O) groups excluding carboxylic acids is 1. The van der Waals surface area contributed by atoms with E-state index in [0.29, 0.717) is 17.7 Å². The molecule has 1 saturated carbocycles. The minimum Gasteiger partial charge on any atom is -0.299 e. The zero-order chi connectivity index (χ0) is 12.3. The fourth-order valence-corrected chi connectivity index (χ4v) is 3.32. The first-order valence-corrected chi connectivity index (χ1v) is 7.15. The molecular formula is C15H25NO. The smallest absolute Gasteiger partial charge is 0.137 e. The molecule has 2 aliphatic rings. The Kier molecular flexibility index (Phi) is 4.38. The predicted octanol–water partition coefficient (Wildman–Crippen LogP) is 3.18. The van der Waals surface area contributed by atoms with Crippen LogP contribution in [0.2, 0.25) is 0 Å². The molecule has 0 aromatic rings. The van der Waals surface area contributed by atoms with Gasteiger partial charge in [-0.1, -0.05) is 25.5 Å². The van der Waals surface area contributed by atoms with Crippen LogP contribution in [0.25, 0.3) is 0 Å². The van der Waals surface area contributed by atoms with Crippen LogP contribution in [0.3, 0.4) is 0 Å². The number of Topliss-reactive ketones (excluding diaryl/α,β-unsaturated/α-hetero) is 1. The second-order valence-corrected chi connectivity index (χ2v) is 5.60. The van der Waals surface area contributed by atoms with E-state index in [1.807, 2.05) is 0 Å². The van der Waals surface area contributed by atoms with Crippen molar-refractivity contribution in [2.45, 2.75) is 57.9 Å². The number of rotatable bonds is 4. The highest BCUT2D eigenvalue weighted by atomic mass is 16.1. The van der Waals surface area contributed by atoms with E-state index < -0.39 is 0 Å². The number of nitrogens with zero attached hydrogens (tertiary/aromatic N) is 1. The summed E-state index contributed by atoms with van der Waals surface area (Å²) in [5.41, 5.74) is 1.31. The molecule has 17 heavy (non-hydrogen) atoms. The Morgan fingerprint density at radius 2 is 2.18 bits per heavy atom. The van der Waals surface area contributed by atoms with Crippen LogP contribution in [-0.4, -0.2) is 29.8 Å². The molecule has 2 unspecified atom stereocenters. The van der Waals surface area contributed by atoms with E-state index in [9.17, 15) is 4.79 Å². The molecule has 0 N–H and O–H groups in total. The van der Waals surface area contributed by atoms with Crippen LogP contribution in [0.4, 0.5) is 0 Å². The monoisotopic (exact) mass is 235 g/mol. The molecule has 0 aromatic heterocycles. The molecule has 2 nitrogen and oxygen atoms in total. The Bertz CT molecular complexity index is 297. The largest absolute Gasteiger partial charge is 0.299 e. The first kappa shape index (κ1) is 12.8. The van der Waals surface area contributed by atoms with Crippen molar-refractivity contribution in [1.29, 1.82) is 0 Å². The van der Waals surface area contributed by atoms with Crippen LogP contribution in [-0.2, 0) is 4.79 Å². The van der Waals surface area contributed by atoms with Crippen molar-refractivity contribution in [2.24, 2.45) is 5.92 Å². The summed E-state index contributed by atoms with van der Waals surface area (Å²) in [6.07, 6.45) is 7.91. The Morgan fingerprint density at radius 3 is 2.82 bits per heavy atom. The first-order chi connectivity index (χ1) is 8.22. The third-order valence-electron chi connectivity index (χ3n) is 4.41. The summed E-state index contributed by atoms with van der Waals surface area (Å²) in [5, 5.41) is 0. The van der Waals surface area contributed by atoms with Crippen molar-refractivity contribution in [3.8, 4) is 0 Å². The van der Waals surface area contributed by atoms with E-state index in [1.54, 1.807) is 0 Å². The molecule has 2 fully saturated rings. The number of ketones is 1. The third kappa shape index (κ3) is 2.98. The normalized spacial score (nSPS) is 30.8. The molecule has 1 saturated heterocycles. The Balaban J connectivity index is 2.01. The number of likely N-dealkylation sites (tertiary alicyclic amines) is 1. The quantitative estimate of drug-likeness (QED) is 0.698. The maximum Gasteiger partial charge on any atom is 0.137 e. The SMILES string of the molecule is C=C(CC)CN1CCCCC1C1CCCC1=O. The summed E-state index contributed by atoms with van der Waals surface area (Å²) in [6.45, 7) is 8.45. The minimum atomic E-state index is 0.333. The van der Waals surface area contributed by atoms with E-state index in [4.69, 9.17) is 0 Å². The number of piperidine rings is 1. The zero-order valence-electron chi connectivity index (χ0n) is 11.1. The molecule has 0 radical (unpaired) electrons. The first-order valence-electron chi connectivity index (χ1n) is 7.15. The van der Waals surface area contributed by atoms with Crippen LogP contribution in [0.1, 0.15) is 51.9 Å². The summed E-state index contributed by atoms with van der Waals surface area (Å²) in [5.74, 6) is 0.851. The lowest BCUT2D eigenvalue weighted by atomic mass is 9.88. The van der Waals surface area contributed by atoms with Crippen molar-refractivity contribution in [3.05, 3.63) is 12.2 Å². The molecule has 96 valence electrons. The van der Waals surface area contributed by atoms with Gasteiger partial charge in [-0.2, -0.15) is 0 Å². The lowest BCUT2D eigenvalue weighted by Crippen LogP contribution is -2.46. The average molecular weight is 235 g/mol. The second kappa shape index (κ2) is 5.81. The molecule has 0 spiro atoms. The van der Waals surface area contributed by atoms with Gasteiger partial charge in [0.2, 0.25) is 0 Å². The third-order valence-corrected chi connectivity index (χ3v) is 4.41. The van der Waals surface area contributed by atoms with E-state index in [2.05, 4.69) is 18.4 Å². The average Bonchev–Trinajstić information content (AvgIpc) is 2.76. The van der Waals surface area contributed by atoms with Gasteiger partial charge in [0.1, 0.15) is 5.78 Å². The standard InChI is InChI=1S/C15H25NO/c1-3-12(2)11-16-10-5-4-8-14(16)13-7-6-9-15(13)17/h13-14H,2-11H2,1H3. The van der Waals surface area contributed by atoms with Crippen LogP contribution in [0.5, 0.6) is 0 Å². The van der Waals surface area contributed by atoms with Gasteiger partial charge in [0.05, 0.1) is 0 Å². The van der Waals surface area contributed by atoms with Gasteiger partial charge in [0.25, 0.3) is 0 Å². The summed E-state index contributed by atoms with van der Waals surface area (Å²) in [6, 6.07) is 0.516. The van der Waals surface area contributed by atoms with Gasteiger partial charge < -0.3 is 0 Å². The van der Waals surface area contributed by atoms with Crippen LogP contribution in [0.15, 0.2) is 12.2 Å². The molecule has 2 heteroatoms. The molecule has 2 atom stereocenters. The van der Waals surface area contributed by atoms with Gasteiger partial charge in [-0.3, -0.25) is 9.69 Å². The van der Waals surface area contributed by atoms with Crippen LogP contribution in [0, 0.1) is 5.92 Å². The molecule has 2 rings (SSSR count). The summed E-state index contributed by atoms with van der Waals surface area (Å²) < 4.78 is 0. The maximum atomic E-state index is 11.9. The molecule has 0 bridgehead atoms. The Morgan fingerprint density at radius 1 is 1.35 bits per heavy atom. The molecule has 0 aromatic carbocycles. The van der Waals surface area contributed by atoms with Crippen molar-refractivity contribution in [3.63, 3.8) is 0 Å². The maximum absolute atomic E-state index is 11.9. The highest BCUT2D eigenvalue weighted by molar-refractivity contribution is 5.83. The van der Waals surface area contributed by atoms with Crippen molar-refractivity contribution in [1.82, 2.24) is 4.90 Å². The van der Waals surface area contributed by atoms with Gasteiger partial charge in [-0.05, 0) is 38.6 Å². The summed E-state index contributed by atoms with van der Waals surface area (Å²) >= 11 is 0. The van der Waals surface area contributed by atoms with Crippen molar-refractivity contribution < 1.29 is 4.79 Å². The molecule has 1 aliphatic heterocycles. The highest BCUT2D eigenvalue weighted by Crippen LogP contribution is 2.32. The zero-order valence-corrected chi connectivity index (χ0v) is 11.1. The molecule has 0 amide bonds. The lowest BCUT2D eigenvalue weighted by molar-refractivity contribution is -0.123. The number of hydrogen-bond acceptors (Lipinski definition) is 2. The Hall–Kier alpha value is -0.630. The molecule has 1 heterocycles. The topological polar surface area (TPSA) is 20.3 Å². The predicted molar refractivity (Wildman–Crippen MR) is 71.0 cm³/mol. The molecule has 1 aliphatic carbocycles. The number of carbonyl (C=O) groups is 1. The van der Waals surface area contributed by atoms with Gasteiger partial charge in [0, 0.05) is 24.9 Å². The molecular weight excluding hydrogens is 210 g/mol. The van der Waals surface area contributed by atoms with Crippen molar-refractivity contribution in [2.75, 3.05) is 13.1 Å². The van der Waals surface area contributed by atoms with Crippen molar-refractivity contribution >= 4 is 5.78 Å².